The fourth-order valence-corrected chi connectivity index (χ4v) is 6.59. The summed E-state index contributed by atoms with van der Waals surface area (Å²) in [6, 6.07) is 25.7. The van der Waals surface area contributed by atoms with Gasteiger partial charge in [-0.25, -0.2) is 0 Å². The van der Waals surface area contributed by atoms with E-state index in [-0.39, 0.29) is 30.8 Å². The molecule has 0 saturated carbocycles. The van der Waals surface area contributed by atoms with Crippen LogP contribution in [-0.4, -0.2) is 59.6 Å². The molecular formula is C34H33N5O3. The Hall–Kier alpha value is -4.79. The van der Waals surface area contributed by atoms with Crippen molar-refractivity contribution >= 4 is 23.8 Å². The van der Waals surface area contributed by atoms with Crippen LogP contribution in [-0.2, 0) is 15.0 Å². The van der Waals surface area contributed by atoms with Crippen molar-refractivity contribution in [1.82, 2.24) is 9.80 Å². The molecule has 5 rings (SSSR count). The highest BCUT2D eigenvalue weighted by Crippen LogP contribution is 2.47. The molecule has 3 atom stereocenters. The first kappa shape index (κ1) is 28.7. The third-order valence-electron chi connectivity index (χ3n) is 8.63. The molecule has 2 heterocycles. The van der Waals surface area contributed by atoms with Gasteiger partial charge in [-0.1, -0.05) is 62.4 Å². The number of carbonyl (C=O) groups excluding carboxylic acids is 3. The summed E-state index contributed by atoms with van der Waals surface area (Å²) in [7, 11) is 1.62. The first-order valence-electron chi connectivity index (χ1n) is 14.1. The van der Waals surface area contributed by atoms with Gasteiger partial charge in [0.2, 0.25) is 5.91 Å². The molecule has 1 fully saturated rings. The van der Waals surface area contributed by atoms with Gasteiger partial charge in [-0.3, -0.25) is 14.5 Å². The van der Waals surface area contributed by atoms with Gasteiger partial charge in [-0.2, -0.15) is 10.5 Å². The first-order chi connectivity index (χ1) is 20.2. The number of anilines is 1. The number of nitriles is 2. The Kier molecular flexibility index (Phi) is 7.69. The van der Waals surface area contributed by atoms with Crippen molar-refractivity contribution in [1.29, 1.82) is 10.5 Å². The monoisotopic (exact) mass is 559 g/mol. The second-order valence-corrected chi connectivity index (χ2v) is 11.8. The number of benzene rings is 3. The summed E-state index contributed by atoms with van der Waals surface area (Å²) >= 11 is 0. The largest absolute Gasteiger partial charge is 0.328 e. The van der Waals surface area contributed by atoms with E-state index in [1.807, 2.05) is 61.2 Å². The predicted octanol–water partition coefficient (Wildman–Crippen LogP) is 4.77. The quantitative estimate of drug-likeness (QED) is 0.398. The van der Waals surface area contributed by atoms with Gasteiger partial charge in [0, 0.05) is 31.4 Å². The molecule has 0 bridgehead atoms. The number of hydrogen-bond acceptors (Lipinski definition) is 6. The number of rotatable bonds is 8. The third kappa shape index (κ3) is 4.85. The van der Waals surface area contributed by atoms with E-state index < -0.39 is 17.0 Å². The molecule has 42 heavy (non-hydrogen) atoms. The molecule has 2 aliphatic heterocycles. The molecular weight excluding hydrogens is 526 g/mol. The second-order valence-electron chi connectivity index (χ2n) is 11.8. The SMILES string of the molecule is CC(C)C[C@@](C=O)(CN1C[C@]2(C[C@H]1C#N)C(=O)Nc1ccccc12)N(C)C(=O)c1cccc(-c2ccccc2C#N)c1. The standard InChI is InChI=1S/C34H33N5O3/c1-23(2)16-33(22-40,20-39-21-34(17-27(39)19-36)29-13-6-7-14-30(29)37-32(34)42)38(3)31(41)25-11-8-10-24(15-25)28-12-5-4-9-26(28)18-35/h4-15,22-23,27H,16-17,20-21H2,1-3H3,(H,37,42)/t27-,33-,34-/m0/s1. The Morgan fingerprint density at radius 2 is 1.88 bits per heavy atom. The molecule has 8 nitrogen and oxygen atoms in total. The summed E-state index contributed by atoms with van der Waals surface area (Å²) in [6.45, 7) is 4.36. The van der Waals surface area contributed by atoms with Crippen LogP contribution in [0.2, 0.25) is 0 Å². The summed E-state index contributed by atoms with van der Waals surface area (Å²) < 4.78 is 0. The maximum Gasteiger partial charge on any atom is 0.254 e. The molecule has 3 aromatic rings. The Labute approximate surface area is 246 Å². The van der Waals surface area contributed by atoms with Crippen molar-refractivity contribution in [3.63, 3.8) is 0 Å². The number of amides is 2. The lowest BCUT2D eigenvalue weighted by atomic mass is 9.80. The van der Waals surface area contributed by atoms with E-state index in [2.05, 4.69) is 17.5 Å². The molecule has 1 N–H and O–H groups in total. The van der Waals surface area contributed by atoms with Gasteiger partial charge in [-0.15, -0.1) is 0 Å². The number of likely N-dealkylation sites (tertiary alicyclic amines) is 1. The smallest absolute Gasteiger partial charge is 0.254 e. The predicted molar refractivity (Wildman–Crippen MR) is 159 cm³/mol. The molecule has 212 valence electrons. The highest BCUT2D eigenvalue weighted by molar-refractivity contribution is 6.07. The van der Waals surface area contributed by atoms with Gasteiger partial charge in [0.25, 0.3) is 5.91 Å². The molecule has 2 amide bonds. The van der Waals surface area contributed by atoms with Gasteiger partial charge in [0.15, 0.2) is 0 Å². The zero-order chi connectivity index (χ0) is 30.1. The van der Waals surface area contributed by atoms with Crippen LogP contribution in [0.5, 0.6) is 0 Å². The van der Waals surface area contributed by atoms with Crippen LogP contribution < -0.4 is 5.32 Å². The molecule has 1 saturated heterocycles. The van der Waals surface area contributed by atoms with Crippen molar-refractivity contribution < 1.29 is 14.4 Å². The average Bonchev–Trinajstić information content (AvgIpc) is 3.51. The maximum atomic E-state index is 14.0. The van der Waals surface area contributed by atoms with E-state index in [0.29, 0.717) is 24.0 Å². The minimum atomic E-state index is -1.25. The van der Waals surface area contributed by atoms with Crippen LogP contribution in [0.3, 0.4) is 0 Å². The van der Waals surface area contributed by atoms with E-state index in [4.69, 9.17) is 0 Å². The molecule has 8 heteroatoms. The first-order valence-corrected chi connectivity index (χ1v) is 14.1. The fraction of sp³-hybridized carbons (Fsp3) is 0.324. The number of carbonyl (C=O) groups is 3. The molecule has 0 aromatic heterocycles. The Bertz CT molecular complexity index is 1640. The van der Waals surface area contributed by atoms with Crippen molar-refractivity contribution in [3.8, 4) is 23.3 Å². The highest BCUT2D eigenvalue weighted by Gasteiger charge is 2.56. The number of nitrogens with zero attached hydrogens (tertiary/aromatic N) is 4. The highest BCUT2D eigenvalue weighted by atomic mass is 16.2. The van der Waals surface area contributed by atoms with Crippen molar-refractivity contribution in [2.75, 3.05) is 25.5 Å². The minimum Gasteiger partial charge on any atom is -0.328 e. The van der Waals surface area contributed by atoms with E-state index in [1.165, 1.54) is 4.90 Å². The molecule has 2 aliphatic rings. The lowest BCUT2D eigenvalue weighted by Crippen LogP contribution is -2.59. The Morgan fingerprint density at radius 3 is 2.60 bits per heavy atom. The van der Waals surface area contributed by atoms with E-state index in [9.17, 15) is 24.9 Å². The van der Waals surface area contributed by atoms with E-state index >= 15 is 0 Å². The molecule has 1 spiro atoms. The second kappa shape index (κ2) is 11.2. The third-order valence-corrected chi connectivity index (χ3v) is 8.63. The summed E-state index contributed by atoms with van der Waals surface area (Å²) in [5.41, 5.74) is 1.79. The van der Waals surface area contributed by atoms with Crippen LogP contribution in [0.15, 0.2) is 72.8 Å². The van der Waals surface area contributed by atoms with Crippen molar-refractivity contribution in [2.24, 2.45) is 5.92 Å². The summed E-state index contributed by atoms with van der Waals surface area (Å²) in [6.07, 6.45) is 1.50. The van der Waals surface area contributed by atoms with E-state index in [0.717, 1.165) is 28.7 Å². The average molecular weight is 560 g/mol. The van der Waals surface area contributed by atoms with Crippen LogP contribution >= 0.6 is 0 Å². The lowest BCUT2D eigenvalue weighted by Gasteiger charge is -2.42. The molecule has 0 radical (unpaired) electrons. The summed E-state index contributed by atoms with van der Waals surface area (Å²) in [5.74, 6) is -0.428. The summed E-state index contributed by atoms with van der Waals surface area (Å²) in [5, 5.41) is 22.7. The maximum absolute atomic E-state index is 14.0. The topological polar surface area (TPSA) is 117 Å². The number of likely N-dealkylation sites (N-methyl/N-ethyl adjacent to an activating group) is 1. The van der Waals surface area contributed by atoms with Gasteiger partial charge in [0.1, 0.15) is 11.8 Å². The van der Waals surface area contributed by atoms with Crippen molar-refractivity contribution in [3.05, 3.63) is 89.5 Å². The number of aldehydes is 1. The normalized spacial score (nSPS) is 20.8. The number of hydrogen-bond donors (Lipinski definition) is 1. The molecule has 0 unspecified atom stereocenters. The fourth-order valence-electron chi connectivity index (χ4n) is 6.59. The van der Waals surface area contributed by atoms with Gasteiger partial charge in [-0.05, 0) is 59.7 Å². The van der Waals surface area contributed by atoms with Crippen molar-refractivity contribution in [2.45, 2.75) is 43.7 Å². The minimum absolute atomic E-state index is 0.0619. The lowest BCUT2D eigenvalue weighted by molar-refractivity contribution is -0.120. The Morgan fingerprint density at radius 1 is 1.14 bits per heavy atom. The number of para-hydroxylation sites is 1. The van der Waals surface area contributed by atoms with Crippen LogP contribution in [0.1, 0.15) is 48.2 Å². The van der Waals surface area contributed by atoms with Crippen LogP contribution in [0.25, 0.3) is 11.1 Å². The van der Waals surface area contributed by atoms with Crippen LogP contribution in [0, 0.1) is 28.6 Å². The number of fused-ring (bicyclic) bond motifs is 2. The molecule has 3 aromatic carbocycles. The Balaban J connectivity index is 1.48. The van der Waals surface area contributed by atoms with Crippen LogP contribution in [0.4, 0.5) is 5.69 Å². The zero-order valence-corrected chi connectivity index (χ0v) is 24.0. The van der Waals surface area contributed by atoms with Gasteiger partial charge >= 0.3 is 0 Å². The summed E-state index contributed by atoms with van der Waals surface area (Å²) in [4.78, 5) is 43.7. The van der Waals surface area contributed by atoms with Gasteiger partial charge in [0.05, 0.1) is 29.2 Å². The molecule has 0 aliphatic carbocycles. The zero-order valence-electron chi connectivity index (χ0n) is 24.0. The number of nitrogens with one attached hydrogen (secondary N) is 1. The van der Waals surface area contributed by atoms with Gasteiger partial charge < -0.3 is 15.0 Å². The van der Waals surface area contributed by atoms with E-state index in [1.54, 1.807) is 37.4 Å².